The van der Waals surface area contributed by atoms with Gasteiger partial charge in [-0.05, 0) is 99.0 Å². The fourth-order valence-electron chi connectivity index (χ4n) is 4.55. The molecule has 0 aliphatic carbocycles. The number of carbonyl (C=O) groups is 2. The zero-order chi connectivity index (χ0) is 27.7. The Balaban J connectivity index is 0.000000336. The van der Waals surface area contributed by atoms with Gasteiger partial charge in [-0.3, -0.25) is 0 Å². The Morgan fingerprint density at radius 2 is 1.87 bits per heavy atom. The molecule has 2 N–H and O–H groups in total. The average Bonchev–Trinajstić information content (AvgIpc) is 2.90. The lowest BCUT2D eigenvalue weighted by atomic mass is 9.89. The summed E-state index contributed by atoms with van der Waals surface area (Å²) >= 11 is 0. The van der Waals surface area contributed by atoms with E-state index >= 15 is 0 Å². The van der Waals surface area contributed by atoms with Crippen LogP contribution >= 0.6 is 0 Å². The van der Waals surface area contributed by atoms with Crippen LogP contribution in [0.15, 0.2) is 60.7 Å². The van der Waals surface area contributed by atoms with E-state index in [1.165, 1.54) is 5.56 Å². The minimum absolute atomic E-state index is 0.590. The number of benzene rings is 3. The molecule has 0 amide bonds. The number of hydrogen-bond acceptors (Lipinski definition) is 5. The van der Waals surface area contributed by atoms with Crippen molar-refractivity contribution in [1.29, 1.82) is 0 Å². The van der Waals surface area contributed by atoms with Gasteiger partial charge in [-0.15, -0.1) is 0 Å². The first-order valence-electron chi connectivity index (χ1n) is 13.1. The zero-order valence-electron chi connectivity index (χ0n) is 23.0. The first-order chi connectivity index (χ1) is 18.1. The maximum Gasteiger partial charge on any atom is 0.337 e. The lowest BCUT2D eigenvalue weighted by Gasteiger charge is -2.28. The molecule has 0 spiro atoms. The Labute approximate surface area is 226 Å². The summed E-state index contributed by atoms with van der Waals surface area (Å²) in [6, 6.07) is 20.0. The summed E-state index contributed by atoms with van der Waals surface area (Å²) in [7, 11) is 1.83. The van der Waals surface area contributed by atoms with Gasteiger partial charge >= 0.3 is 5.97 Å². The second-order valence-corrected chi connectivity index (χ2v) is 10.4. The van der Waals surface area contributed by atoms with Crippen molar-refractivity contribution in [1.82, 2.24) is 0 Å². The Kier molecular flexibility index (Phi) is 10.1. The van der Waals surface area contributed by atoms with Crippen LogP contribution in [0.4, 0.5) is 5.69 Å². The molecule has 0 fully saturated rings. The minimum Gasteiger partial charge on any atom is -0.493 e. The number of anilines is 1. The molecule has 3 aromatic rings. The molecule has 1 aliphatic rings. The van der Waals surface area contributed by atoms with Gasteiger partial charge in [0, 0.05) is 24.7 Å². The highest BCUT2D eigenvalue weighted by Gasteiger charge is 2.30. The van der Waals surface area contributed by atoms with E-state index in [1.807, 2.05) is 89.3 Å². The lowest BCUT2D eigenvalue weighted by Crippen LogP contribution is -2.28. The Morgan fingerprint density at radius 1 is 1.13 bits per heavy atom. The van der Waals surface area contributed by atoms with Crippen molar-refractivity contribution in [2.24, 2.45) is 0 Å². The Morgan fingerprint density at radius 3 is 2.50 bits per heavy atom. The number of carboxylic acids is 1. The number of aldehydes is 1. The second kappa shape index (κ2) is 13.2. The van der Waals surface area contributed by atoms with Gasteiger partial charge in [0.25, 0.3) is 0 Å². The van der Waals surface area contributed by atoms with Crippen LogP contribution in [0.5, 0.6) is 5.75 Å². The smallest absolute Gasteiger partial charge is 0.337 e. The summed E-state index contributed by atoms with van der Waals surface area (Å²) in [4.78, 5) is 22.1. The molecule has 3 aromatic carbocycles. The standard InChI is InChI=1S/C23H29NO4.C9H10O/c1-14-11-17(24-5)13-18(21(22(25)26)28-23(2,3)4)20(14)16-8-9-19-15(12-16)7-6-10-27-19;10-8-4-7-9-5-2-1-3-6-9/h8-9,11-13,21,24H,6-7,10H2,1-5H3,(H,25,26);1-3,5-6,8H,4,7H2. The van der Waals surface area contributed by atoms with Gasteiger partial charge in [0.05, 0.1) is 12.2 Å². The molecule has 1 unspecified atom stereocenters. The molecule has 6 heteroatoms. The molecular weight excluding hydrogens is 478 g/mol. The molecule has 0 aromatic heterocycles. The fraction of sp³-hybridized carbons (Fsp3) is 0.375. The molecule has 0 radical (unpaired) electrons. The van der Waals surface area contributed by atoms with E-state index in [2.05, 4.69) is 11.4 Å². The SMILES string of the molecule is CNc1cc(C)c(-c2ccc3c(c2)CCCO3)c(C(OC(C)(C)C)C(=O)O)c1.O=CCCc1ccccc1. The van der Waals surface area contributed by atoms with Crippen molar-refractivity contribution in [3.8, 4) is 16.9 Å². The highest BCUT2D eigenvalue weighted by Crippen LogP contribution is 2.39. The molecule has 38 heavy (non-hydrogen) atoms. The van der Waals surface area contributed by atoms with E-state index in [0.29, 0.717) is 12.0 Å². The third kappa shape index (κ3) is 7.93. The molecule has 202 valence electrons. The van der Waals surface area contributed by atoms with Crippen molar-refractivity contribution in [3.05, 3.63) is 82.9 Å². The van der Waals surface area contributed by atoms with Crippen molar-refractivity contribution < 1.29 is 24.2 Å². The number of nitrogens with one attached hydrogen (secondary N) is 1. The summed E-state index contributed by atoms with van der Waals surface area (Å²) in [5.41, 5.74) is 6.22. The van der Waals surface area contributed by atoms with Crippen LogP contribution in [0.3, 0.4) is 0 Å². The quantitative estimate of drug-likeness (QED) is 0.320. The minimum atomic E-state index is -1.06. The molecule has 1 aliphatic heterocycles. The maximum atomic E-state index is 12.1. The maximum absolute atomic E-state index is 12.1. The molecule has 0 bridgehead atoms. The van der Waals surface area contributed by atoms with Crippen LogP contribution in [-0.2, 0) is 27.2 Å². The molecule has 6 nitrogen and oxygen atoms in total. The van der Waals surface area contributed by atoms with Crippen LogP contribution in [0.25, 0.3) is 11.1 Å². The van der Waals surface area contributed by atoms with Gasteiger partial charge in [-0.1, -0.05) is 36.4 Å². The fourth-order valence-corrected chi connectivity index (χ4v) is 4.55. The zero-order valence-corrected chi connectivity index (χ0v) is 23.0. The van der Waals surface area contributed by atoms with Crippen LogP contribution in [0.1, 0.15) is 62.0 Å². The summed E-state index contributed by atoms with van der Waals surface area (Å²) in [5, 5.41) is 13.1. The van der Waals surface area contributed by atoms with Gasteiger partial charge in [0.15, 0.2) is 6.10 Å². The molecule has 4 rings (SSSR count). The van der Waals surface area contributed by atoms with Crippen LogP contribution in [0, 0.1) is 6.92 Å². The van der Waals surface area contributed by atoms with Gasteiger partial charge in [0.1, 0.15) is 12.0 Å². The third-order valence-electron chi connectivity index (χ3n) is 6.22. The van der Waals surface area contributed by atoms with Gasteiger partial charge in [0.2, 0.25) is 0 Å². The number of carboxylic acid groups (broad SMARTS) is 1. The highest BCUT2D eigenvalue weighted by molar-refractivity contribution is 5.83. The van der Waals surface area contributed by atoms with Crippen LogP contribution in [-0.4, -0.2) is 36.6 Å². The van der Waals surface area contributed by atoms with Gasteiger partial charge < -0.3 is 24.7 Å². The third-order valence-corrected chi connectivity index (χ3v) is 6.22. The summed E-state index contributed by atoms with van der Waals surface area (Å²) in [6.45, 7) is 8.36. The summed E-state index contributed by atoms with van der Waals surface area (Å²) in [5.74, 6) is -0.0769. The number of carbonyl (C=O) groups excluding carboxylic acids is 1. The van der Waals surface area contributed by atoms with E-state index in [9.17, 15) is 14.7 Å². The summed E-state index contributed by atoms with van der Waals surface area (Å²) in [6.07, 6.45) is 3.34. The van der Waals surface area contributed by atoms with E-state index in [0.717, 1.165) is 65.8 Å². The number of ether oxygens (including phenoxy) is 2. The van der Waals surface area contributed by atoms with Crippen molar-refractivity contribution in [2.45, 2.75) is 65.1 Å². The molecule has 1 heterocycles. The Bertz CT molecular complexity index is 1230. The first-order valence-corrected chi connectivity index (χ1v) is 13.1. The number of rotatable bonds is 8. The summed E-state index contributed by atoms with van der Waals surface area (Å²) < 4.78 is 11.7. The molecular formula is C32H39NO5. The van der Waals surface area contributed by atoms with Crippen LogP contribution < -0.4 is 10.1 Å². The highest BCUT2D eigenvalue weighted by atomic mass is 16.5. The lowest BCUT2D eigenvalue weighted by molar-refractivity contribution is -0.160. The monoisotopic (exact) mass is 517 g/mol. The number of aliphatic carboxylic acids is 1. The van der Waals surface area contributed by atoms with Gasteiger partial charge in [-0.25, -0.2) is 4.79 Å². The van der Waals surface area contributed by atoms with E-state index < -0.39 is 17.7 Å². The number of aryl methyl sites for hydroxylation is 3. The second-order valence-electron chi connectivity index (χ2n) is 10.4. The topological polar surface area (TPSA) is 84.9 Å². The van der Waals surface area contributed by atoms with Crippen molar-refractivity contribution >= 4 is 17.9 Å². The van der Waals surface area contributed by atoms with Crippen molar-refractivity contribution in [2.75, 3.05) is 19.0 Å². The van der Waals surface area contributed by atoms with Crippen LogP contribution in [0.2, 0.25) is 0 Å². The average molecular weight is 518 g/mol. The van der Waals surface area contributed by atoms with E-state index in [-0.39, 0.29) is 0 Å². The molecule has 1 atom stereocenters. The molecule has 0 saturated heterocycles. The predicted octanol–water partition coefficient (Wildman–Crippen LogP) is 6.79. The predicted molar refractivity (Wildman–Crippen MR) is 152 cm³/mol. The number of fused-ring (bicyclic) bond motifs is 1. The van der Waals surface area contributed by atoms with Crippen molar-refractivity contribution in [3.63, 3.8) is 0 Å². The van der Waals surface area contributed by atoms with Gasteiger partial charge in [-0.2, -0.15) is 0 Å². The molecule has 0 saturated carbocycles. The largest absolute Gasteiger partial charge is 0.493 e. The Hall–Kier alpha value is -3.64. The first kappa shape index (κ1) is 28.9. The number of hydrogen-bond donors (Lipinski definition) is 2. The normalized spacial score (nSPS) is 13.3. The van der Waals surface area contributed by atoms with E-state index in [4.69, 9.17) is 9.47 Å². The van der Waals surface area contributed by atoms with E-state index in [1.54, 1.807) is 0 Å².